The summed E-state index contributed by atoms with van der Waals surface area (Å²) in [5.41, 5.74) is 8.79. The quantitative estimate of drug-likeness (QED) is 0.867. The van der Waals surface area contributed by atoms with Crippen molar-refractivity contribution in [1.29, 1.82) is 0 Å². The fourth-order valence-corrected chi connectivity index (χ4v) is 2.67. The van der Waals surface area contributed by atoms with E-state index in [-0.39, 0.29) is 12.5 Å². The number of aryl methyl sites for hydroxylation is 1. The van der Waals surface area contributed by atoms with E-state index in [2.05, 4.69) is 13.8 Å². The monoisotopic (exact) mass is 290 g/mol. The average molecular weight is 290 g/mol. The minimum Gasteiger partial charge on any atom is -0.483 e. The molecule has 1 aromatic carbocycles. The van der Waals surface area contributed by atoms with Crippen molar-refractivity contribution < 1.29 is 9.53 Å². The molecule has 2 N–H and O–H groups in total. The van der Waals surface area contributed by atoms with Gasteiger partial charge in [0.1, 0.15) is 5.75 Å². The number of rotatable bonds is 4. The van der Waals surface area contributed by atoms with E-state index in [1.807, 2.05) is 24.0 Å². The zero-order chi connectivity index (χ0) is 15.4. The van der Waals surface area contributed by atoms with Crippen LogP contribution < -0.4 is 10.5 Å². The third-order valence-electron chi connectivity index (χ3n) is 4.08. The molecular formula is C17H26N2O2. The highest BCUT2D eigenvalue weighted by Crippen LogP contribution is 2.31. The summed E-state index contributed by atoms with van der Waals surface area (Å²) in [5.74, 6) is 1.17. The first-order valence-electron chi connectivity index (χ1n) is 7.79. The molecule has 1 amide bonds. The summed E-state index contributed by atoms with van der Waals surface area (Å²) < 4.78 is 5.80. The van der Waals surface area contributed by atoms with Crippen LogP contribution in [0.5, 0.6) is 5.75 Å². The van der Waals surface area contributed by atoms with Crippen LogP contribution in [0.25, 0.3) is 0 Å². The Morgan fingerprint density at radius 1 is 1.29 bits per heavy atom. The van der Waals surface area contributed by atoms with Crippen molar-refractivity contribution >= 4 is 11.6 Å². The van der Waals surface area contributed by atoms with Crippen LogP contribution in [0.1, 0.15) is 50.2 Å². The van der Waals surface area contributed by atoms with Crippen molar-refractivity contribution in [2.24, 2.45) is 0 Å². The first-order valence-corrected chi connectivity index (χ1v) is 7.79. The number of carbonyl (C=O) groups is 1. The summed E-state index contributed by atoms with van der Waals surface area (Å²) in [6.45, 7) is 7.99. The van der Waals surface area contributed by atoms with E-state index in [1.54, 1.807) is 0 Å². The number of ether oxygens (including phenoxy) is 1. The van der Waals surface area contributed by atoms with Crippen LogP contribution in [-0.4, -0.2) is 30.5 Å². The summed E-state index contributed by atoms with van der Waals surface area (Å²) in [5, 5.41) is 0. The van der Waals surface area contributed by atoms with Crippen molar-refractivity contribution in [3.05, 3.63) is 23.3 Å². The lowest BCUT2D eigenvalue weighted by molar-refractivity contribution is -0.134. The number of nitrogens with zero attached hydrogens (tertiary/aromatic N) is 1. The van der Waals surface area contributed by atoms with Gasteiger partial charge in [-0.05, 0) is 55.4 Å². The number of hydrogen-bond donors (Lipinski definition) is 1. The molecule has 0 bridgehead atoms. The van der Waals surface area contributed by atoms with Crippen LogP contribution in [-0.2, 0) is 4.79 Å². The van der Waals surface area contributed by atoms with E-state index < -0.39 is 0 Å². The molecule has 4 nitrogen and oxygen atoms in total. The molecule has 0 spiro atoms. The van der Waals surface area contributed by atoms with Crippen LogP contribution in [0, 0.1) is 6.92 Å². The highest BCUT2D eigenvalue weighted by molar-refractivity contribution is 5.78. The molecule has 0 aromatic heterocycles. The predicted octanol–water partition coefficient (Wildman–Crippen LogP) is 3.09. The van der Waals surface area contributed by atoms with Crippen LogP contribution in [0.4, 0.5) is 5.69 Å². The second-order valence-corrected chi connectivity index (χ2v) is 6.13. The summed E-state index contributed by atoms with van der Waals surface area (Å²) >= 11 is 0. The van der Waals surface area contributed by atoms with E-state index in [0.29, 0.717) is 5.92 Å². The van der Waals surface area contributed by atoms with Gasteiger partial charge in [-0.2, -0.15) is 0 Å². The Balaban J connectivity index is 2.05. The van der Waals surface area contributed by atoms with Gasteiger partial charge >= 0.3 is 0 Å². The molecular weight excluding hydrogens is 264 g/mol. The molecule has 0 atom stereocenters. The Hall–Kier alpha value is -1.71. The van der Waals surface area contributed by atoms with Gasteiger partial charge in [0.25, 0.3) is 5.91 Å². The van der Waals surface area contributed by atoms with Gasteiger partial charge in [0.15, 0.2) is 6.61 Å². The molecule has 1 fully saturated rings. The van der Waals surface area contributed by atoms with Gasteiger partial charge in [-0.1, -0.05) is 13.8 Å². The Morgan fingerprint density at radius 3 is 2.57 bits per heavy atom. The number of carbonyl (C=O) groups excluding carboxylic acids is 1. The molecule has 2 rings (SSSR count). The second-order valence-electron chi connectivity index (χ2n) is 6.13. The predicted molar refractivity (Wildman–Crippen MR) is 85.6 cm³/mol. The Kier molecular flexibility index (Phi) is 5.10. The van der Waals surface area contributed by atoms with Gasteiger partial charge in [-0.3, -0.25) is 4.79 Å². The third-order valence-corrected chi connectivity index (χ3v) is 4.08. The van der Waals surface area contributed by atoms with Gasteiger partial charge in [0, 0.05) is 18.8 Å². The maximum absolute atomic E-state index is 12.2. The number of piperidine rings is 1. The standard InChI is InChI=1S/C17H26N2O2/c1-12(2)14-10-15(18)13(3)9-16(14)21-11-17(20)19-7-5-4-6-8-19/h9-10,12H,4-8,11,18H2,1-3H3. The Morgan fingerprint density at radius 2 is 1.95 bits per heavy atom. The lowest BCUT2D eigenvalue weighted by Crippen LogP contribution is -2.38. The van der Waals surface area contributed by atoms with Crippen LogP contribution in [0.2, 0.25) is 0 Å². The lowest BCUT2D eigenvalue weighted by atomic mass is 9.99. The first kappa shape index (κ1) is 15.7. The number of likely N-dealkylation sites (tertiary alicyclic amines) is 1. The minimum atomic E-state index is 0.0823. The van der Waals surface area contributed by atoms with E-state index in [4.69, 9.17) is 10.5 Å². The lowest BCUT2D eigenvalue weighted by Gasteiger charge is -2.27. The van der Waals surface area contributed by atoms with Gasteiger partial charge in [-0.25, -0.2) is 0 Å². The van der Waals surface area contributed by atoms with Gasteiger partial charge in [-0.15, -0.1) is 0 Å². The molecule has 1 heterocycles. The number of anilines is 1. The number of nitrogens with two attached hydrogens (primary N) is 1. The highest BCUT2D eigenvalue weighted by Gasteiger charge is 2.18. The summed E-state index contributed by atoms with van der Waals surface area (Å²) in [6, 6.07) is 3.90. The molecule has 116 valence electrons. The van der Waals surface area contributed by atoms with Crippen LogP contribution in [0.3, 0.4) is 0 Å². The molecule has 21 heavy (non-hydrogen) atoms. The molecule has 1 aliphatic rings. The molecule has 1 aliphatic heterocycles. The zero-order valence-electron chi connectivity index (χ0n) is 13.3. The first-order chi connectivity index (χ1) is 9.99. The summed E-state index contributed by atoms with van der Waals surface area (Å²) in [6.07, 6.45) is 3.42. The number of nitrogen functional groups attached to an aromatic ring is 1. The van der Waals surface area contributed by atoms with Crippen LogP contribution in [0.15, 0.2) is 12.1 Å². The maximum atomic E-state index is 12.2. The summed E-state index contributed by atoms with van der Waals surface area (Å²) in [7, 11) is 0. The number of amides is 1. The van der Waals surface area contributed by atoms with Crippen molar-refractivity contribution in [2.75, 3.05) is 25.4 Å². The minimum absolute atomic E-state index is 0.0823. The van der Waals surface area contributed by atoms with E-state index in [9.17, 15) is 4.79 Å². The van der Waals surface area contributed by atoms with Gasteiger partial charge in [0.2, 0.25) is 0 Å². The molecule has 0 aliphatic carbocycles. The van der Waals surface area contributed by atoms with E-state index in [1.165, 1.54) is 6.42 Å². The molecule has 4 heteroatoms. The third kappa shape index (κ3) is 3.90. The Labute approximate surface area is 127 Å². The van der Waals surface area contributed by atoms with Gasteiger partial charge < -0.3 is 15.4 Å². The fraction of sp³-hybridized carbons (Fsp3) is 0.588. The largest absolute Gasteiger partial charge is 0.483 e. The topological polar surface area (TPSA) is 55.6 Å². The molecule has 1 aromatic rings. The average Bonchev–Trinajstić information content (AvgIpc) is 2.48. The van der Waals surface area contributed by atoms with Crippen molar-refractivity contribution in [3.8, 4) is 5.75 Å². The van der Waals surface area contributed by atoms with Crippen LogP contribution >= 0.6 is 0 Å². The normalized spacial score (nSPS) is 15.3. The Bertz CT molecular complexity index is 506. The smallest absolute Gasteiger partial charge is 0.260 e. The molecule has 1 saturated heterocycles. The number of benzene rings is 1. The molecule has 0 saturated carbocycles. The van der Waals surface area contributed by atoms with Gasteiger partial charge in [0.05, 0.1) is 0 Å². The fourth-order valence-electron chi connectivity index (χ4n) is 2.67. The highest BCUT2D eigenvalue weighted by atomic mass is 16.5. The van der Waals surface area contributed by atoms with E-state index in [0.717, 1.165) is 48.5 Å². The second kappa shape index (κ2) is 6.83. The maximum Gasteiger partial charge on any atom is 0.260 e. The van der Waals surface area contributed by atoms with Crippen molar-refractivity contribution in [1.82, 2.24) is 4.90 Å². The van der Waals surface area contributed by atoms with Crippen molar-refractivity contribution in [3.63, 3.8) is 0 Å². The molecule has 0 unspecified atom stereocenters. The molecule has 0 radical (unpaired) electrons. The zero-order valence-corrected chi connectivity index (χ0v) is 13.3. The summed E-state index contributed by atoms with van der Waals surface area (Å²) in [4.78, 5) is 14.1. The SMILES string of the molecule is Cc1cc(OCC(=O)N2CCCCC2)c(C(C)C)cc1N. The van der Waals surface area contributed by atoms with Crippen molar-refractivity contribution in [2.45, 2.75) is 46.0 Å². The van der Waals surface area contributed by atoms with E-state index >= 15 is 0 Å². The number of hydrogen-bond acceptors (Lipinski definition) is 3.